The number of aliphatic hydroxyl groups excluding tert-OH is 1. The number of rotatable bonds is 7. The number of benzene rings is 3. The van der Waals surface area contributed by atoms with Gasteiger partial charge in [0.15, 0.2) is 5.13 Å². The Hall–Kier alpha value is -4.39. The number of thiazole rings is 1. The Morgan fingerprint density at radius 1 is 1.02 bits per heavy atom. The molecule has 42 heavy (non-hydrogen) atoms. The van der Waals surface area contributed by atoms with Gasteiger partial charge in [0, 0.05) is 22.7 Å². The number of anilines is 1. The molecule has 1 N–H and O–H groups in total. The molecule has 0 bridgehead atoms. The van der Waals surface area contributed by atoms with Gasteiger partial charge in [0.05, 0.1) is 27.6 Å². The molecule has 1 aliphatic rings. The molecular formula is C29H22ClN3O7S2. The summed E-state index contributed by atoms with van der Waals surface area (Å²) in [5.41, 5.74) is 1.32. The maximum atomic E-state index is 13.5. The lowest BCUT2D eigenvalue weighted by Crippen LogP contribution is -2.29. The predicted octanol–water partition coefficient (Wildman–Crippen LogP) is 6.29. The van der Waals surface area contributed by atoms with Crippen LogP contribution in [0.1, 0.15) is 42.5 Å². The molecule has 1 aromatic heterocycles. The number of non-ortho nitro benzene ring substituents is 1. The molecule has 214 valence electrons. The number of hydrogen-bond acceptors (Lipinski definition) is 9. The Kier molecular flexibility index (Phi) is 7.71. The minimum Gasteiger partial charge on any atom is -0.507 e. The van der Waals surface area contributed by atoms with E-state index in [2.05, 4.69) is 4.98 Å². The third-order valence-corrected chi connectivity index (χ3v) is 10.3. The average Bonchev–Trinajstić information content (AvgIpc) is 3.56. The van der Waals surface area contributed by atoms with E-state index in [1.165, 1.54) is 24.3 Å². The Labute approximate surface area is 249 Å². The van der Waals surface area contributed by atoms with Crippen molar-refractivity contribution in [3.63, 3.8) is 0 Å². The maximum Gasteiger partial charge on any atom is 0.301 e. The number of aliphatic hydroxyl groups is 1. The van der Waals surface area contributed by atoms with Gasteiger partial charge in [-0.2, -0.15) is 0 Å². The number of sulfone groups is 1. The highest BCUT2D eigenvalue weighted by Gasteiger charge is 2.48. The first kappa shape index (κ1) is 29.1. The summed E-state index contributed by atoms with van der Waals surface area (Å²) < 4.78 is 26.4. The summed E-state index contributed by atoms with van der Waals surface area (Å²) in [5.74, 6) is -2.15. The number of hydrogen-bond donors (Lipinski definition) is 1. The molecule has 13 heteroatoms. The number of ketones is 1. The smallest absolute Gasteiger partial charge is 0.301 e. The van der Waals surface area contributed by atoms with Gasteiger partial charge in [0.1, 0.15) is 9.97 Å². The van der Waals surface area contributed by atoms with Crippen LogP contribution in [0.25, 0.3) is 5.76 Å². The minimum atomic E-state index is -4.16. The standard InChI is InChI=1S/C29H22ClN3O7S2/c1-16(2)17-3-5-18(6-4-17)25-24(26(34)19-7-9-20(30)10-8-19)27(35)28(36)32(25)29-31-15-23(41-29)42(39,40)22-13-11-21(12-14-22)33(37)38/h3-16,25,34H,1-2H3/t25-/m0/s1. The SMILES string of the molecule is CC(C)c1ccc([C@H]2C(=C(O)c3ccc(Cl)cc3)C(=O)C(=O)N2c2ncc(S(=O)(=O)c3ccc([N+](=O)[O-])cc3)s2)cc1. The van der Waals surface area contributed by atoms with Crippen molar-refractivity contribution >= 4 is 61.0 Å². The van der Waals surface area contributed by atoms with E-state index in [0.717, 1.165) is 40.9 Å². The zero-order chi connectivity index (χ0) is 30.3. The number of carbonyl (C=O) groups excluding carboxylic acids is 2. The van der Waals surface area contributed by atoms with E-state index >= 15 is 0 Å². The fraction of sp³-hybridized carbons (Fsp3) is 0.138. The van der Waals surface area contributed by atoms with E-state index in [1.54, 1.807) is 12.1 Å². The van der Waals surface area contributed by atoms with Gasteiger partial charge in [0.2, 0.25) is 9.84 Å². The fourth-order valence-electron chi connectivity index (χ4n) is 4.52. The van der Waals surface area contributed by atoms with Gasteiger partial charge in [-0.3, -0.25) is 24.6 Å². The first-order chi connectivity index (χ1) is 19.9. The van der Waals surface area contributed by atoms with Crippen LogP contribution in [0.3, 0.4) is 0 Å². The van der Waals surface area contributed by atoms with Crippen molar-refractivity contribution in [1.29, 1.82) is 0 Å². The Balaban J connectivity index is 1.62. The number of aromatic nitrogens is 1. The Morgan fingerprint density at radius 2 is 1.64 bits per heavy atom. The number of nitrogens with zero attached hydrogens (tertiary/aromatic N) is 3. The molecular weight excluding hydrogens is 602 g/mol. The number of Topliss-reactive ketones (excluding diaryl/α,β-unsaturated/α-hetero) is 1. The summed E-state index contributed by atoms with van der Waals surface area (Å²) in [6.07, 6.45) is 1.06. The Bertz CT molecular complexity index is 1850. The molecule has 0 unspecified atom stereocenters. The van der Waals surface area contributed by atoms with Crippen LogP contribution in [0.15, 0.2) is 93.7 Å². The quantitative estimate of drug-likeness (QED) is 0.0830. The van der Waals surface area contributed by atoms with Crippen LogP contribution in [0.5, 0.6) is 0 Å². The van der Waals surface area contributed by atoms with Gasteiger partial charge in [-0.25, -0.2) is 13.4 Å². The lowest BCUT2D eigenvalue weighted by atomic mass is 9.93. The summed E-state index contributed by atoms with van der Waals surface area (Å²) >= 11 is 6.65. The van der Waals surface area contributed by atoms with E-state index in [-0.39, 0.29) is 37.0 Å². The summed E-state index contributed by atoms with van der Waals surface area (Å²) in [4.78, 5) is 42.3. The molecule has 1 saturated heterocycles. The van der Waals surface area contributed by atoms with E-state index in [0.29, 0.717) is 21.9 Å². The van der Waals surface area contributed by atoms with Crippen LogP contribution in [0, 0.1) is 10.1 Å². The lowest BCUT2D eigenvalue weighted by Gasteiger charge is -2.23. The predicted molar refractivity (Wildman–Crippen MR) is 157 cm³/mol. The fourth-order valence-corrected chi connectivity index (χ4v) is 7.19. The number of nitro groups is 1. The number of carbonyl (C=O) groups is 2. The van der Waals surface area contributed by atoms with E-state index in [4.69, 9.17) is 11.6 Å². The number of amides is 1. The van der Waals surface area contributed by atoms with E-state index in [9.17, 15) is 33.2 Å². The zero-order valence-corrected chi connectivity index (χ0v) is 24.5. The normalized spacial score (nSPS) is 16.8. The second kappa shape index (κ2) is 11.1. The molecule has 5 rings (SSSR count). The summed E-state index contributed by atoms with van der Waals surface area (Å²) in [6, 6.07) is 16.6. The van der Waals surface area contributed by atoms with Crippen LogP contribution >= 0.6 is 22.9 Å². The van der Waals surface area contributed by atoms with Crippen molar-refractivity contribution in [3.8, 4) is 0 Å². The topological polar surface area (TPSA) is 148 Å². The molecule has 3 aromatic carbocycles. The van der Waals surface area contributed by atoms with Crippen LogP contribution in [0.2, 0.25) is 5.02 Å². The molecule has 4 aromatic rings. The Morgan fingerprint density at radius 3 is 2.21 bits per heavy atom. The van der Waals surface area contributed by atoms with Crippen molar-refractivity contribution < 1.29 is 28.0 Å². The molecule has 0 spiro atoms. The van der Waals surface area contributed by atoms with Gasteiger partial charge in [-0.1, -0.05) is 61.1 Å². The average molecular weight is 624 g/mol. The van der Waals surface area contributed by atoms with Gasteiger partial charge >= 0.3 is 5.91 Å². The van der Waals surface area contributed by atoms with Crippen LogP contribution in [-0.4, -0.2) is 35.1 Å². The summed E-state index contributed by atoms with van der Waals surface area (Å²) in [6.45, 7) is 4.04. The molecule has 1 atom stereocenters. The maximum absolute atomic E-state index is 13.5. The second-order valence-corrected chi connectivity index (χ2v) is 13.3. The van der Waals surface area contributed by atoms with E-state index < -0.39 is 38.3 Å². The highest BCUT2D eigenvalue weighted by molar-refractivity contribution is 7.93. The molecule has 0 radical (unpaired) electrons. The first-order valence-corrected chi connectivity index (χ1v) is 15.2. The molecule has 10 nitrogen and oxygen atoms in total. The number of halogens is 1. The first-order valence-electron chi connectivity index (χ1n) is 12.5. The molecule has 1 amide bonds. The van der Waals surface area contributed by atoms with Crippen molar-refractivity contribution in [3.05, 3.63) is 116 Å². The summed E-state index contributed by atoms with van der Waals surface area (Å²) in [5, 5.41) is 22.6. The summed E-state index contributed by atoms with van der Waals surface area (Å²) in [7, 11) is -4.16. The molecule has 0 aliphatic carbocycles. The van der Waals surface area contributed by atoms with E-state index in [1.807, 2.05) is 26.0 Å². The third-order valence-electron chi connectivity index (χ3n) is 6.78. The molecule has 1 fully saturated rings. The van der Waals surface area contributed by atoms with Crippen molar-refractivity contribution in [2.24, 2.45) is 0 Å². The van der Waals surface area contributed by atoms with Gasteiger partial charge in [0.25, 0.3) is 11.5 Å². The van der Waals surface area contributed by atoms with Gasteiger partial charge in [-0.05, 0) is 53.4 Å². The molecule has 1 aliphatic heterocycles. The lowest BCUT2D eigenvalue weighted by molar-refractivity contribution is -0.384. The zero-order valence-electron chi connectivity index (χ0n) is 22.1. The molecule has 2 heterocycles. The van der Waals surface area contributed by atoms with Crippen LogP contribution < -0.4 is 4.90 Å². The second-order valence-electron chi connectivity index (χ2n) is 9.71. The van der Waals surface area contributed by atoms with Crippen molar-refractivity contribution in [1.82, 2.24) is 4.98 Å². The van der Waals surface area contributed by atoms with Gasteiger partial charge < -0.3 is 5.11 Å². The monoisotopic (exact) mass is 623 g/mol. The van der Waals surface area contributed by atoms with Crippen LogP contribution in [-0.2, 0) is 19.4 Å². The van der Waals surface area contributed by atoms with Gasteiger partial charge in [-0.15, -0.1) is 0 Å². The van der Waals surface area contributed by atoms with Crippen LogP contribution in [0.4, 0.5) is 10.8 Å². The minimum absolute atomic E-state index is 0.0781. The number of nitro benzene ring substituents is 1. The molecule has 0 saturated carbocycles. The highest BCUT2D eigenvalue weighted by Crippen LogP contribution is 2.44. The van der Waals surface area contributed by atoms with Crippen molar-refractivity contribution in [2.45, 2.75) is 34.9 Å². The largest absolute Gasteiger partial charge is 0.507 e. The highest BCUT2D eigenvalue weighted by atomic mass is 35.5. The third kappa shape index (κ3) is 5.20. The van der Waals surface area contributed by atoms with Crippen molar-refractivity contribution in [2.75, 3.05) is 4.90 Å².